The molecule has 2 atom stereocenters. The summed E-state index contributed by atoms with van der Waals surface area (Å²) in [5, 5.41) is 0. The zero-order chi connectivity index (χ0) is 8.28. The Morgan fingerprint density at radius 2 is 1.85 bits per heavy atom. The van der Waals surface area contributed by atoms with Crippen molar-refractivity contribution in [3.05, 3.63) is 0 Å². The number of fused-ring (bicyclic) bond motifs is 2. The van der Waals surface area contributed by atoms with Crippen molar-refractivity contribution in [1.82, 2.24) is 0 Å². The summed E-state index contributed by atoms with van der Waals surface area (Å²) in [5.74, 6) is 1.19. The Morgan fingerprint density at radius 3 is 2.00 bits per heavy atom. The molecule has 0 heterocycles. The van der Waals surface area contributed by atoms with Crippen LogP contribution in [0.25, 0.3) is 0 Å². The van der Waals surface area contributed by atoms with Crippen LogP contribution in [0.15, 0.2) is 0 Å². The van der Waals surface area contributed by atoms with Crippen molar-refractivity contribution in [3.63, 3.8) is 0 Å². The van der Waals surface area contributed by atoms with Crippen molar-refractivity contribution in [2.45, 2.75) is 40.0 Å². The van der Waals surface area contributed by atoms with Crippen LogP contribution in [0.2, 0.25) is 0 Å². The normalized spacial score (nSPS) is 39.6. The number of hydrogen-bond acceptors (Lipinski definition) is 1. The molecule has 2 bridgehead atoms. The van der Waals surface area contributed by atoms with Gasteiger partial charge in [0.25, 0.3) is 0 Å². The van der Waals surface area contributed by atoms with Crippen LogP contribution in [-0.4, -0.2) is 45.9 Å². The van der Waals surface area contributed by atoms with Gasteiger partial charge in [0.2, 0.25) is 0 Å². The van der Waals surface area contributed by atoms with E-state index in [0.29, 0.717) is 11.7 Å². The molecular weight excluding hydrogens is 239 g/mol. The van der Waals surface area contributed by atoms with Gasteiger partial charge in [-0.1, -0.05) is 20.8 Å². The first kappa shape index (κ1) is 14.0. The Labute approximate surface area is 107 Å². The van der Waals surface area contributed by atoms with Crippen LogP contribution in [-0.2, 0) is 4.79 Å². The van der Waals surface area contributed by atoms with Crippen LogP contribution in [0.3, 0.4) is 0 Å². The van der Waals surface area contributed by atoms with Crippen molar-refractivity contribution < 1.29 is 4.79 Å². The van der Waals surface area contributed by atoms with E-state index in [1.807, 2.05) is 0 Å². The van der Waals surface area contributed by atoms with E-state index in [1.165, 1.54) is 6.42 Å². The molecule has 0 aliphatic heterocycles. The van der Waals surface area contributed by atoms with Crippen LogP contribution in [0.5, 0.6) is 0 Å². The molecule has 74 valence electrons. The standard InChI is InChI=1S/C10H16O.Mg.H2Se.2H/c1-9(2)7-4-5-10(9,3)8(11)6-7;;;;/h7H,4-6H2,1-3H3;;1H2;;. The summed E-state index contributed by atoms with van der Waals surface area (Å²) >= 11 is 0. The molecule has 2 rings (SSSR count). The Morgan fingerprint density at radius 1 is 1.31 bits per heavy atom. The van der Waals surface area contributed by atoms with Crippen molar-refractivity contribution in [3.8, 4) is 0 Å². The van der Waals surface area contributed by atoms with E-state index in [0.717, 1.165) is 12.8 Å². The van der Waals surface area contributed by atoms with Gasteiger partial charge < -0.3 is 0 Å². The number of carbonyl (C=O) groups excluding carboxylic acids is 1. The molecule has 2 aliphatic carbocycles. The van der Waals surface area contributed by atoms with E-state index in [-0.39, 0.29) is 51.0 Å². The second-order valence-corrected chi connectivity index (χ2v) is 4.92. The van der Waals surface area contributed by atoms with Crippen molar-refractivity contribution in [2.24, 2.45) is 16.7 Å². The summed E-state index contributed by atoms with van der Waals surface area (Å²) in [6.07, 6.45) is 3.25. The van der Waals surface area contributed by atoms with Gasteiger partial charge in [0.05, 0.1) is 0 Å². The van der Waals surface area contributed by atoms with Crippen LogP contribution in [0, 0.1) is 16.7 Å². The van der Waals surface area contributed by atoms with Gasteiger partial charge in [-0.25, -0.2) is 0 Å². The molecule has 0 saturated heterocycles. The van der Waals surface area contributed by atoms with Gasteiger partial charge in [-0.15, -0.1) is 0 Å². The molecule has 1 nitrogen and oxygen atoms in total. The van der Waals surface area contributed by atoms with Gasteiger partial charge in [0.15, 0.2) is 0 Å². The molecule has 2 saturated carbocycles. The van der Waals surface area contributed by atoms with Crippen LogP contribution in [0.1, 0.15) is 40.0 Å². The number of carbonyl (C=O) groups is 1. The maximum absolute atomic E-state index is 11.6. The zero-order valence-corrected chi connectivity index (χ0v) is 10.2. The molecule has 0 amide bonds. The topological polar surface area (TPSA) is 17.1 Å². The fourth-order valence-corrected chi connectivity index (χ4v) is 2.90. The van der Waals surface area contributed by atoms with Crippen LogP contribution < -0.4 is 0 Å². The molecule has 0 aromatic rings. The Hall–Kier alpha value is 0.956. The van der Waals surface area contributed by atoms with E-state index >= 15 is 0 Å². The average Bonchev–Trinajstić information content (AvgIpc) is 2.20. The molecule has 0 aromatic heterocycles. The Kier molecular flexibility index (Phi) is 4.12. The fraction of sp³-hybridized carbons (Fsp3) is 0.900. The number of Topliss-reactive ketones (excluding diaryl/α,β-unsaturated/α-hetero) is 1. The van der Waals surface area contributed by atoms with E-state index < -0.39 is 0 Å². The van der Waals surface area contributed by atoms with Crippen molar-refractivity contribution >= 4 is 45.9 Å². The molecule has 0 N–H and O–H groups in total. The second kappa shape index (κ2) is 3.84. The monoisotopic (exact) mass is 260 g/mol. The van der Waals surface area contributed by atoms with Gasteiger partial charge >= 0.3 is 40.1 Å². The van der Waals surface area contributed by atoms with Gasteiger partial charge in [-0.2, -0.15) is 0 Å². The predicted octanol–water partition coefficient (Wildman–Crippen LogP) is 0.569. The molecule has 2 aliphatic rings. The third kappa shape index (κ3) is 1.52. The Bertz CT molecular complexity index is 227. The number of ketones is 1. The summed E-state index contributed by atoms with van der Waals surface area (Å²) in [6.45, 7) is 6.67. The van der Waals surface area contributed by atoms with Gasteiger partial charge in [-0.3, -0.25) is 4.79 Å². The molecule has 2 unspecified atom stereocenters. The minimum absolute atomic E-state index is 0. The summed E-state index contributed by atoms with van der Waals surface area (Å²) in [7, 11) is 0. The first-order valence-corrected chi connectivity index (χ1v) is 4.52. The number of hydrogen-bond donors (Lipinski definition) is 0. The quantitative estimate of drug-likeness (QED) is 0.581. The first-order valence-electron chi connectivity index (χ1n) is 4.52. The molecule has 0 radical (unpaired) electrons. The SMILES string of the molecule is CC12CCC(CC1=O)C2(C)C.[MgH2].[SeH2]. The summed E-state index contributed by atoms with van der Waals surface area (Å²) in [6, 6.07) is 0. The van der Waals surface area contributed by atoms with E-state index in [9.17, 15) is 4.79 Å². The van der Waals surface area contributed by atoms with E-state index in [2.05, 4.69) is 20.8 Å². The maximum atomic E-state index is 11.6. The zero-order valence-electron chi connectivity index (χ0n) is 8.11. The minimum atomic E-state index is 0. The molecule has 0 spiro atoms. The second-order valence-electron chi connectivity index (χ2n) is 4.92. The predicted molar refractivity (Wildman–Crippen MR) is 61.3 cm³/mol. The van der Waals surface area contributed by atoms with Crippen molar-refractivity contribution in [2.75, 3.05) is 0 Å². The van der Waals surface area contributed by atoms with Gasteiger partial charge in [0.1, 0.15) is 5.78 Å². The third-order valence-corrected chi connectivity index (χ3v) is 4.48. The first-order chi connectivity index (χ1) is 4.98. The van der Waals surface area contributed by atoms with Gasteiger partial charge in [-0.05, 0) is 24.2 Å². The molecule has 3 heteroatoms. The summed E-state index contributed by atoms with van der Waals surface area (Å²) in [5.41, 5.74) is 0.307. The fourth-order valence-electron chi connectivity index (χ4n) is 2.90. The molecule has 0 aromatic carbocycles. The van der Waals surface area contributed by atoms with Gasteiger partial charge in [0, 0.05) is 11.8 Å². The molecule has 13 heavy (non-hydrogen) atoms. The summed E-state index contributed by atoms with van der Waals surface area (Å²) in [4.78, 5) is 11.6. The molecule has 2 fully saturated rings. The van der Waals surface area contributed by atoms with Crippen molar-refractivity contribution in [1.29, 1.82) is 0 Å². The third-order valence-electron chi connectivity index (χ3n) is 4.48. The molecular formula is C10H20MgOSe. The van der Waals surface area contributed by atoms with E-state index in [4.69, 9.17) is 0 Å². The Balaban J connectivity index is 0.000000720. The van der Waals surface area contributed by atoms with Crippen LogP contribution >= 0.6 is 0 Å². The van der Waals surface area contributed by atoms with E-state index in [1.54, 1.807) is 0 Å². The number of rotatable bonds is 0. The van der Waals surface area contributed by atoms with Crippen LogP contribution in [0.4, 0.5) is 0 Å². The average molecular weight is 260 g/mol. The summed E-state index contributed by atoms with van der Waals surface area (Å²) < 4.78 is 0.